The molecule has 0 unspecified atom stereocenters. The van der Waals surface area contributed by atoms with E-state index >= 15 is 0 Å². The molecule has 8 heterocycles. The number of para-hydroxylation sites is 10. The van der Waals surface area contributed by atoms with E-state index < -0.39 is 0 Å². The highest BCUT2D eigenvalue weighted by molar-refractivity contribution is 6.18. The molecule has 8 aromatic heterocycles. The van der Waals surface area contributed by atoms with E-state index in [-0.39, 0.29) is 0 Å². The molecule has 0 saturated carbocycles. The lowest BCUT2D eigenvalue weighted by Gasteiger charge is -2.13. The number of hydrogen-bond acceptors (Lipinski definition) is 9. The molecule has 0 bridgehead atoms. The summed E-state index contributed by atoms with van der Waals surface area (Å²) in [4.78, 5) is 35.3. The summed E-state index contributed by atoms with van der Waals surface area (Å²) in [7, 11) is 0. The molecule has 133 heavy (non-hydrogen) atoms. The van der Waals surface area contributed by atoms with E-state index in [2.05, 4.69) is 341 Å². The zero-order valence-electron chi connectivity index (χ0n) is 71.7. The maximum absolute atomic E-state index is 6.55. The molecule has 0 amide bonds. The fourth-order valence-electron chi connectivity index (χ4n) is 19.4. The van der Waals surface area contributed by atoms with Crippen molar-refractivity contribution in [3.63, 3.8) is 0 Å². The van der Waals surface area contributed by atoms with Crippen molar-refractivity contribution in [1.82, 2.24) is 48.6 Å². The number of nitrogens with zero attached hydrogens (tertiary/aromatic N) is 10. The minimum atomic E-state index is 0.638. The van der Waals surface area contributed by atoms with Crippen LogP contribution in [0.5, 0.6) is 0 Å². The highest BCUT2D eigenvalue weighted by atomic mass is 16.3. The van der Waals surface area contributed by atoms with Crippen LogP contribution in [0.1, 0.15) is 0 Å². The Morgan fingerprint density at radius 2 is 0.564 bits per heavy atom. The molecule has 0 saturated heterocycles. The predicted octanol–water partition coefficient (Wildman–Crippen LogP) is 31.2. The topological polar surface area (TPSA) is 131 Å². The third kappa shape index (κ3) is 13.7. The fourth-order valence-corrected chi connectivity index (χ4v) is 19.4. The summed E-state index contributed by atoms with van der Waals surface area (Å²) in [5.74, 6) is 3.28. The van der Waals surface area contributed by atoms with E-state index in [4.69, 9.17) is 43.7 Å². The normalized spacial score (nSPS) is 11.6. The molecule has 27 rings (SSSR count). The summed E-state index contributed by atoms with van der Waals surface area (Å²) in [6.07, 6.45) is 0. The molecule has 0 spiro atoms. The SMILES string of the molecule is c1ccc(-c2nc(-c3cc(-n4c5ccccc5c5ccccc54)cc4c3oc3ccccc34)nc3ccccc23)cc1.c1ccc(-c2nc(-c3ccccc3)nc(-c3ccc(-n4c5ccccc5c5cccc(-c6ccccc6)c54)cc3)n2)cc1.c1ccc(-n2c3ccccc3c3c(-c4cccc(-c5nc(-c6ccc7c(c6)oc6ccccc67)c6ccccc6n5)c4)cccc32)cc1. The van der Waals surface area contributed by atoms with Gasteiger partial charge in [-0.15, -0.1) is 0 Å². The van der Waals surface area contributed by atoms with Crippen LogP contribution in [0.2, 0.25) is 0 Å². The van der Waals surface area contributed by atoms with Crippen molar-refractivity contribution in [2.24, 2.45) is 0 Å². The molecule has 19 aromatic carbocycles. The van der Waals surface area contributed by atoms with Gasteiger partial charge in [0.2, 0.25) is 0 Å². The third-order valence-corrected chi connectivity index (χ3v) is 25.5. The molecule has 0 fully saturated rings. The first kappa shape index (κ1) is 77.2. The standard InChI is InChI=1S/C44H27N3O.C39H26N4.C38H23N3O/c1-2-14-31(15-3-1)47-38-21-8-5-18-36(38)42-32(19-11-22-39(42)47)28-12-10-13-30(26-28)44-45-37-20-7-4-17-35(37)43(46-44)29-24-25-34-33-16-6-9-23-40(33)48-41(34)27-29;1-4-13-27(14-5-1)32-20-12-21-34-33-19-10-11-22-35(33)43(36(32)34)31-25-23-30(24-26-31)39-41-37(28-15-6-2-7-16-28)40-38(42-39)29-17-8-3-9-18-29;1-2-12-24(13-3-1)36-29-17-4-8-18-32(29)39-38(40-36)31-23-25(22-30-28-16-7-11-21-35(28)42-37(30)31)41-33-19-9-5-14-26(33)27-15-6-10-20-34(27)41/h1-27H;1-26H;1-23H. The van der Waals surface area contributed by atoms with E-state index in [1.807, 2.05) is 133 Å². The lowest BCUT2D eigenvalue weighted by molar-refractivity contribution is 0.669. The van der Waals surface area contributed by atoms with Gasteiger partial charge in [0.1, 0.15) is 22.3 Å². The minimum Gasteiger partial charge on any atom is -0.456 e. The third-order valence-electron chi connectivity index (χ3n) is 25.5. The van der Waals surface area contributed by atoms with Gasteiger partial charge in [0.25, 0.3) is 0 Å². The lowest BCUT2D eigenvalue weighted by atomic mass is 9.97. The van der Waals surface area contributed by atoms with Crippen molar-refractivity contribution in [3.8, 4) is 119 Å². The second-order valence-electron chi connectivity index (χ2n) is 33.3. The van der Waals surface area contributed by atoms with Gasteiger partial charge in [-0.2, -0.15) is 0 Å². The van der Waals surface area contributed by atoms with Gasteiger partial charge in [0, 0.05) is 121 Å². The molecule has 12 heteroatoms. The maximum Gasteiger partial charge on any atom is 0.164 e. The van der Waals surface area contributed by atoms with E-state index in [1.165, 1.54) is 71.1 Å². The number of hydrogen-bond donors (Lipinski definition) is 0. The van der Waals surface area contributed by atoms with E-state index in [1.54, 1.807) is 0 Å². The number of furan rings is 2. The quantitative estimate of drug-likeness (QED) is 0.117. The molecular formula is C121H76N10O2. The van der Waals surface area contributed by atoms with E-state index in [0.717, 1.165) is 150 Å². The monoisotopic (exact) mass is 1700 g/mol. The fraction of sp³-hybridized carbons (Fsp3) is 0. The van der Waals surface area contributed by atoms with Gasteiger partial charge in [0.15, 0.2) is 29.1 Å². The molecule has 0 aliphatic heterocycles. The summed E-state index contributed by atoms with van der Waals surface area (Å²) in [6.45, 7) is 0. The number of benzene rings is 19. The molecule has 0 N–H and O–H groups in total. The summed E-state index contributed by atoms with van der Waals surface area (Å²) >= 11 is 0. The maximum atomic E-state index is 6.55. The second kappa shape index (κ2) is 32.6. The van der Waals surface area contributed by atoms with Crippen molar-refractivity contribution in [2.45, 2.75) is 0 Å². The van der Waals surface area contributed by atoms with Crippen LogP contribution in [-0.4, -0.2) is 48.6 Å². The van der Waals surface area contributed by atoms with E-state index in [9.17, 15) is 0 Å². The van der Waals surface area contributed by atoms with Crippen molar-refractivity contribution < 1.29 is 8.83 Å². The van der Waals surface area contributed by atoms with Gasteiger partial charge in [-0.3, -0.25) is 0 Å². The number of rotatable bonds is 12. The van der Waals surface area contributed by atoms with Crippen LogP contribution < -0.4 is 0 Å². The van der Waals surface area contributed by atoms with Crippen molar-refractivity contribution in [3.05, 3.63) is 461 Å². The minimum absolute atomic E-state index is 0.638. The molecule has 0 aliphatic carbocycles. The molecule has 27 aromatic rings. The Morgan fingerprint density at radius 3 is 1.19 bits per heavy atom. The Labute approximate surface area is 763 Å². The largest absolute Gasteiger partial charge is 0.456 e. The first-order chi connectivity index (χ1) is 66.0. The average molecular weight is 1700 g/mol. The van der Waals surface area contributed by atoms with Crippen LogP contribution in [0.3, 0.4) is 0 Å². The summed E-state index contributed by atoms with van der Waals surface area (Å²) < 4.78 is 19.9. The van der Waals surface area contributed by atoms with Gasteiger partial charge >= 0.3 is 0 Å². The van der Waals surface area contributed by atoms with Crippen LogP contribution in [0.4, 0.5) is 0 Å². The highest BCUT2D eigenvalue weighted by Gasteiger charge is 2.25. The van der Waals surface area contributed by atoms with Crippen molar-refractivity contribution in [1.29, 1.82) is 0 Å². The number of fused-ring (bicyclic) bond motifs is 17. The Hall–Kier alpha value is -18.1. The van der Waals surface area contributed by atoms with Crippen LogP contribution in [-0.2, 0) is 0 Å². The Kier molecular flexibility index (Phi) is 18.9. The Balaban J connectivity index is 0.000000107. The predicted molar refractivity (Wildman–Crippen MR) is 545 cm³/mol. The summed E-state index contributed by atoms with van der Waals surface area (Å²) in [6, 6.07) is 160. The first-order valence-corrected chi connectivity index (χ1v) is 44.7. The molecule has 0 radical (unpaired) electrons. The van der Waals surface area contributed by atoms with Crippen LogP contribution in [0.25, 0.3) is 250 Å². The van der Waals surface area contributed by atoms with Gasteiger partial charge in [0.05, 0.1) is 61.1 Å². The first-order valence-electron chi connectivity index (χ1n) is 44.7. The van der Waals surface area contributed by atoms with Crippen molar-refractivity contribution in [2.75, 3.05) is 0 Å². The zero-order valence-corrected chi connectivity index (χ0v) is 71.7. The lowest BCUT2D eigenvalue weighted by Crippen LogP contribution is -2.00. The van der Waals surface area contributed by atoms with Gasteiger partial charge in [-0.05, 0) is 138 Å². The van der Waals surface area contributed by atoms with Crippen LogP contribution >= 0.6 is 0 Å². The zero-order chi connectivity index (χ0) is 87.8. The van der Waals surface area contributed by atoms with Gasteiger partial charge in [-0.1, -0.05) is 340 Å². The van der Waals surface area contributed by atoms with Crippen molar-refractivity contribution >= 4 is 131 Å². The highest BCUT2D eigenvalue weighted by Crippen LogP contribution is 2.46. The van der Waals surface area contributed by atoms with Gasteiger partial charge in [-0.25, -0.2) is 34.9 Å². The second-order valence-corrected chi connectivity index (χ2v) is 33.3. The molecule has 622 valence electrons. The van der Waals surface area contributed by atoms with Gasteiger partial charge < -0.3 is 22.5 Å². The smallest absolute Gasteiger partial charge is 0.164 e. The Morgan fingerprint density at radius 1 is 0.173 bits per heavy atom. The van der Waals surface area contributed by atoms with Crippen LogP contribution in [0, 0.1) is 0 Å². The molecule has 12 nitrogen and oxygen atoms in total. The molecule has 0 atom stereocenters. The molecular weight excluding hydrogens is 1630 g/mol. The Bertz CT molecular complexity index is 9090. The van der Waals surface area contributed by atoms with E-state index in [0.29, 0.717) is 29.1 Å². The average Bonchev–Trinajstić information content (AvgIpc) is 1.59. The summed E-state index contributed by atoms with van der Waals surface area (Å²) in [5, 5.41) is 13.7. The van der Waals surface area contributed by atoms with Crippen LogP contribution in [0.15, 0.2) is 470 Å². The molecule has 0 aliphatic rings. The summed E-state index contributed by atoms with van der Waals surface area (Å²) in [5.41, 5.74) is 28.7. The number of aromatic nitrogens is 10.